The molecule has 0 aliphatic carbocycles. The second-order valence-electron chi connectivity index (χ2n) is 8.15. The van der Waals surface area contributed by atoms with Crippen molar-refractivity contribution >= 4 is 38.6 Å². The first-order valence-electron chi connectivity index (χ1n) is 11.2. The van der Waals surface area contributed by atoms with Crippen LogP contribution in [0, 0.1) is 18.8 Å². The van der Waals surface area contributed by atoms with Gasteiger partial charge in [0.05, 0.1) is 16.3 Å². The maximum Gasteiger partial charge on any atom is 0.243 e. The average Bonchev–Trinajstić information content (AvgIpc) is 3.37. The van der Waals surface area contributed by atoms with E-state index in [9.17, 15) is 13.2 Å². The van der Waals surface area contributed by atoms with E-state index < -0.39 is 10.0 Å². The summed E-state index contributed by atoms with van der Waals surface area (Å²) >= 11 is 1.59. The number of carbonyl (C=O) groups is 1. The number of hydrogen-bond donors (Lipinski definition) is 2. The predicted molar refractivity (Wildman–Crippen MR) is 138 cm³/mol. The standard InChI is InChI=1S/C26H27N3O3S2/c1-20-10-13-24(34(31,32)29-14-3-2-4-15-29)18-25(20)28-26(30)19-27-22-8-5-7-21(17-22)11-12-23-9-6-16-33-23/h5-10,13,16-18,27H,2-4,14-15,19H2,1H3,(H,28,30). The van der Waals surface area contributed by atoms with E-state index in [1.807, 2.05) is 48.7 Å². The number of nitrogens with zero attached hydrogens (tertiary/aromatic N) is 1. The number of sulfonamides is 1. The molecule has 0 saturated carbocycles. The van der Waals surface area contributed by atoms with Crippen LogP contribution in [-0.4, -0.2) is 38.3 Å². The maximum atomic E-state index is 13.0. The summed E-state index contributed by atoms with van der Waals surface area (Å²) in [7, 11) is -3.56. The zero-order valence-corrected chi connectivity index (χ0v) is 20.6. The number of nitrogens with one attached hydrogen (secondary N) is 2. The molecule has 0 bridgehead atoms. The minimum atomic E-state index is -3.56. The van der Waals surface area contributed by atoms with Gasteiger partial charge in [-0.2, -0.15) is 4.31 Å². The van der Waals surface area contributed by atoms with Crippen molar-refractivity contribution in [3.63, 3.8) is 0 Å². The lowest BCUT2D eigenvalue weighted by atomic mass is 10.2. The summed E-state index contributed by atoms with van der Waals surface area (Å²) < 4.78 is 27.5. The Labute approximate surface area is 205 Å². The van der Waals surface area contributed by atoms with E-state index in [2.05, 4.69) is 22.5 Å². The summed E-state index contributed by atoms with van der Waals surface area (Å²) in [5, 5.41) is 7.94. The van der Waals surface area contributed by atoms with Crippen molar-refractivity contribution in [2.24, 2.45) is 0 Å². The molecule has 4 rings (SSSR count). The van der Waals surface area contributed by atoms with Gasteiger partial charge in [-0.1, -0.05) is 36.5 Å². The molecule has 176 valence electrons. The second-order valence-corrected chi connectivity index (χ2v) is 11.0. The van der Waals surface area contributed by atoms with Gasteiger partial charge in [0, 0.05) is 30.0 Å². The molecule has 2 N–H and O–H groups in total. The molecule has 0 radical (unpaired) electrons. The van der Waals surface area contributed by atoms with E-state index in [0.717, 1.165) is 41.0 Å². The number of rotatable bonds is 6. The summed E-state index contributed by atoms with van der Waals surface area (Å²) in [5.41, 5.74) is 2.94. The molecule has 6 nitrogen and oxygen atoms in total. The number of anilines is 2. The predicted octanol–water partition coefficient (Wildman–Crippen LogP) is 4.68. The quantitative estimate of drug-likeness (QED) is 0.489. The molecular formula is C26H27N3O3S2. The zero-order chi connectivity index (χ0) is 24.0. The van der Waals surface area contributed by atoms with Crippen molar-refractivity contribution in [3.8, 4) is 11.8 Å². The first-order valence-corrected chi connectivity index (χ1v) is 13.5. The molecule has 1 saturated heterocycles. The van der Waals surface area contributed by atoms with Gasteiger partial charge in [0.1, 0.15) is 0 Å². The third kappa shape index (κ3) is 6.06. The molecule has 2 heterocycles. The molecule has 34 heavy (non-hydrogen) atoms. The van der Waals surface area contributed by atoms with Gasteiger partial charge in [-0.05, 0) is 67.1 Å². The minimum absolute atomic E-state index is 0.0460. The molecule has 0 atom stereocenters. The molecule has 1 aliphatic heterocycles. The highest BCUT2D eigenvalue weighted by molar-refractivity contribution is 7.89. The number of hydrogen-bond acceptors (Lipinski definition) is 5. The Kier molecular flexibility index (Phi) is 7.68. The van der Waals surface area contributed by atoms with E-state index in [1.165, 1.54) is 4.31 Å². The molecular weight excluding hydrogens is 466 g/mol. The van der Waals surface area contributed by atoms with E-state index in [-0.39, 0.29) is 17.3 Å². The fraction of sp³-hybridized carbons (Fsp3) is 0.269. The Bertz CT molecular complexity index is 1320. The van der Waals surface area contributed by atoms with Crippen molar-refractivity contribution in [2.45, 2.75) is 31.1 Å². The van der Waals surface area contributed by atoms with Crippen LogP contribution in [0.3, 0.4) is 0 Å². The summed E-state index contributed by atoms with van der Waals surface area (Å²) in [6.07, 6.45) is 2.81. The van der Waals surface area contributed by atoms with Crippen LogP contribution in [0.25, 0.3) is 0 Å². The highest BCUT2D eigenvalue weighted by Crippen LogP contribution is 2.25. The highest BCUT2D eigenvalue weighted by Gasteiger charge is 2.26. The Morgan fingerprint density at radius 2 is 1.85 bits per heavy atom. The molecule has 0 unspecified atom stereocenters. The van der Waals surface area contributed by atoms with Gasteiger partial charge in [-0.25, -0.2) is 8.42 Å². The molecule has 1 fully saturated rings. The number of piperidine rings is 1. The summed E-state index contributed by atoms with van der Waals surface area (Å²) in [5.74, 6) is 5.99. The number of carbonyl (C=O) groups excluding carboxylic acids is 1. The van der Waals surface area contributed by atoms with Crippen molar-refractivity contribution in [1.29, 1.82) is 0 Å². The smallest absolute Gasteiger partial charge is 0.243 e. The van der Waals surface area contributed by atoms with Crippen molar-refractivity contribution < 1.29 is 13.2 Å². The lowest BCUT2D eigenvalue weighted by molar-refractivity contribution is -0.114. The Hall–Kier alpha value is -3.12. The van der Waals surface area contributed by atoms with E-state index in [4.69, 9.17) is 0 Å². The third-order valence-corrected chi connectivity index (χ3v) is 8.28. The van der Waals surface area contributed by atoms with Crippen LogP contribution in [0.15, 0.2) is 64.9 Å². The molecule has 3 aromatic rings. The number of thiophene rings is 1. The largest absolute Gasteiger partial charge is 0.376 e. The second kappa shape index (κ2) is 10.9. The van der Waals surface area contributed by atoms with Crippen LogP contribution in [-0.2, 0) is 14.8 Å². The van der Waals surface area contributed by atoms with Gasteiger partial charge in [-0.15, -0.1) is 11.3 Å². The average molecular weight is 494 g/mol. The van der Waals surface area contributed by atoms with Crippen LogP contribution in [0.4, 0.5) is 11.4 Å². The van der Waals surface area contributed by atoms with Crippen LogP contribution in [0.2, 0.25) is 0 Å². The molecule has 2 aromatic carbocycles. The molecule has 0 spiro atoms. The topological polar surface area (TPSA) is 78.5 Å². The van der Waals surface area contributed by atoms with E-state index >= 15 is 0 Å². The summed E-state index contributed by atoms with van der Waals surface area (Å²) in [6.45, 7) is 2.97. The summed E-state index contributed by atoms with van der Waals surface area (Å²) in [6, 6.07) is 16.4. The first-order chi connectivity index (χ1) is 16.4. The molecule has 1 aliphatic rings. The van der Waals surface area contributed by atoms with Gasteiger partial charge < -0.3 is 10.6 Å². The van der Waals surface area contributed by atoms with Gasteiger partial charge in [0.25, 0.3) is 0 Å². The fourth-order valence-corrected chi connectivity index (χ4v) is 5.83. The number of aryl methyl sites for hydroxylation is 1. The van der Waals surface area contributed by atoms with Crippen LogP contribution < -0.4 is 10.6 Å². The maximum absolute atomic E-state index is 13.0. The third-order valence-electron chi connectivity index (χ3n) is 5.60. The van der Waals surface area contributed by atoms with Crippen molar-refractivity contribution in [1.82, 2.24) is 4.31 Å². The molecule has 8 heteroatoms. The SMILES string of the molecule is Cc1ccc(S(=O)(=O)N2CCCCC2)cc1NC(=O)CNc1cccc(C#Cc2cccs2)c1. The Balaban J connectivity index is 1.40. The Morgan fingerprint density at radius 3 is 2.62 bits per heavy atom. The van der Waals surface area contributed by atoms with Gasteiger partial charge in [-0.3, -0.25) is 4.79 Å². The van der Waals surface area contributed by atoms with Crippen molar-refractivity contribution in [3.05, 3.63) is 76.0 Å². The van der Waals surface area contributed by atoms with E-state index in [1.54, 1.807) is 29.5 Å². The molecule has 1 amide bonds. The van der Waals surface area contributed by atoms with Gasteiger partial charge >= 0.3 is 0 Å². The monoisotopic (exact) mass is 493 g/mol. The van der Waals surface area contributed by atoms with E-state index in [0.29, 0.717) is 18.8 Å². The first kappa shape index (κ1) is 24.0. The van der Waals surface area contributed by atoms with Crippen LogP contribution >= 0.6 is 11.3 Å². The number of benzene rings is 2. The fourth-order valence-electron chi connectivity index (χ4n) is 3.72. The zero-order valence-electron chi connectivity index (χ0n) is 19.0. The van der Waals surface area contributed by atoms with Crippen LogP contribution in [0.1, 0.15) is 35.3 Å². The minimum Gasteiger partial charge on any atom is -0.376 e. The summed E-state index contributed by atoms with van der Waals surface area (Å²) in [4.78, 5) is 13.8. The lowest BCUT2D eigenvalue weighted by Crippen LogP contribution is -2.35. The number of amides is 1. The van der Waals surface area contributed by atoms with Gasteiger partial charge in [0.15, 0.2) is 0 Å². The van der Waals surface area contributed by atoms with Gasteiger partial charge in [0.2, 0.25) is 15.9 Å². The normalized spacial score (nSPS) is 14.1. The Morgan fingerprint density at radius 1 is 1.03 bits per heavy atom. The van der Waals surface area contributed by atoms with Crippen molar-refractivity contribution in [2.75, 3.05) is 30.3 Å². The van der Waals surface area contributed by atoms with Crippen LogP contribution in [0.5, 0.6) is 0 Å². The highest BCUT2D eigenvalue weighted by atomic mass is 32.2. The lowest BCUT2D eigenvalue weighted by Gasteiger charge is -2.26. The molecule has 1 aromatic heterocycles.